The van der Waals surface area contributed by atoms with Crippen molar-refractivity contribution in [1.29, 1.82) is 0 Å². The van der Waals surface area contributed by atoms with Crippen molar-refractivity contribution in [3.8, 4) is 0 Å². The highest BCUT2D eigenvalue weighted by Crippen LogP contribution is 2.08. The molecule has 0 aliphatic rings. The first-order valence-electron chi connectivity index (χ1n) is 9.80. The number of amides is 1. The molecule has 0 radical (unpaired) electrons. The molecule has 140 valence electrons. The highest BCUT2D eigenvalue weighted by Gasteiger charge is 2.01. The van der Waals surface area contributed by atoms with Gasteiger partial charge in [0.05, 0.1) is 0 Å². The maximum absolute atomic E-state index is 11.5. The lowest BCUT2D eigenvalue weighted by Crippen LogP contribution is -2.24. The van der Waals surface area contributed by atoms with Crippen LogP contribution in [0.3, 0.4) is 0 Å². The minimum atomic E-state index is -0.810. The molecule has 0 atom stereocenters. The molecular formula is C20H37NO3. The number of carboxylic acid groups (broad SMARTS) is 1. The van der Waals surface area contributed by atoms with Crippen LogP contribution in [0.25, 0.3) is 0 Å². The summed E-state index contributed by atoms with van der Waals surface area (Å²) in [5.74, 6) is -0.762. The van der Waals surface area contributed by atoms with Gasteiger partial charge < -0.3 is 10.4 Å². The number of carbonyl (C=O) groups is 2. The van der Waals surface area contributed by atoms with Crippen molar-refractivity contribution in [1.82, 2.24) is 5.32 Å². The highest BCUT2D eigenvalue weighted by atomic mass is 16.4. The molecule has 0 aliphatic carbocycles. The Bertz CT molecular complexity index is 340. The van der Waals surface area contributed by atoms with Gasteiger partial charge in [-0.1, -0.05) is 57.6 Å². The van der Waals surface area contributed by atoms with Gasteiger partial charge in [-0.3, -0.25) is 9.59 Å². The van der Waals surface area contributed by atoms with Crippen LogP contribution in [-0.2, 0) is 9.59 Å². The summed E-state index contributed by atoms with van der Waals surface area (Å²) >= 11 is 0. The molecule has 0 bridgehead atoms. The Hall–Kier alpha value is -1.32. The molecular weight excluding hydrogens is 302 g/mol. The maximum Gasteiger partial charge on any atom is 0.303 e. The van der Waals surface area contributed by atoms with Crippen LogP contribution in [0.4, 0.5) is 0 Å². The molecule has 0 aliphatic heterocycles. The Labute approximate surface area is 148 Å². The third kappa shape index (κ3) is 18.7. The van der Waals surface area contributed by atoms with Gasteiger partial charge in [-0.05, 0) is 38.5 Å². The Morgan fingerprint density at radius 2 is 1.38 bits per heavy atom. The van der Waals surface area contributed by atoms with Gasteiger partial charge in [-0.2, -0.15) is 0 Å². The Kier molecular flexibility index (Phi) is 17.0. The zero-order valence-electron chi connectivity index (χ0n) is 15.5. The van der Waals surface area contributed by atoms with Crippen molar-refractivity contribution in [2.45, 2.75) is 96.8 Å². The van der Waals surface area contributed by atoms with Crippen LogP contribution in [0.5, 0.6) is 0 Å². The number of hydrogen-bond acceptors (Lipinski definition) is 2. The molecule has 0 aromatic heterocycles. The van der Waals surface area contributed by atoms with Gasteiger partial charge in [-0.25, -0.2) is 0 Å². The van der Waals surface area contributed by atoms with E-state index < -0.39 is 5.97 Å². The van der Waals surface area contributed by atoms with Crippen molar-refractivity contribution in [3.63, 3.8) is 0 Å². The van der Waals surface area contributed by atoms with Crippen molar-refractivity contribution in [2.75, 3.05) is 6.54 Å². The lowest BCUT2D eigenvalue weighted by Gasteiger charge is -2.04. The zero-order chi connectivity index (χ0) is 17.9. The van der Waals surface area contributed by atoms with Crippen molar-refractivity contribution < 1.29 is 14.7 Å². The molecule has 4 nitrogen and oxygen atoms in total. The van der Waals surface area contributed by atoms with E-state index in [2.05, 4.69) is 24.4 Å². The first kappa shape index (κ1) is 22.7. The number of rotatable bonds is 17. The quantitative estimate of drug-likeness (QED) is 0.282. The van der Waals surface area contributed by atoms with Gasteiger partial charge in [0.15, 0.2) is 0 Å². The fourth-order valence-corrected chi connectivity index (χ4v) is 2.56. The number of unbranched alkanes of at least 4 members (excludes halogenated alkanes) is 9. The summed E-state index contributed by atoms with van der Waals surface area (Å²) in [6, 6.07) is 0. The number of aliphatic carboxylic acids is 1. The average Bonchev–Trinajstić information content (AvgIpc) is 2.55. The van der Waals surface area contributed by atoms with Crippen LogP contribution >= 0.6 is 0 Å². The molecule has 4 heteroatoms. The van der Waals surface area contributed by atoms with Crippen LogP contribution in [0.2, 0.25) is 0 Å². The van der Waals surface area contributed by atoms with Crippen LogP contribution in [0.1, 0.15) is 96.8 Å². The molecule has 0 rings (SSSR count). The molecule has 0 aromatic carbocycles. The van der Waals surface area contributed by atoms with E-state index in [9.17, 15) is 9.59 Å². The van der Waals surface area contributed by atoms with E-state index in [1.165, 1.54) is 57.8 Å². The van der Waals surface area contributed by atoms with Crippen LogP contribution in [0.15, 0.2) is 12.2 Å². The number of allylic oxidation sites excluding steroid dienone is 2. The number of carbonyl (C=O) groups excluding carboxylic acids is 1. The molecule has 2 N–H and O–H groups in total. The van der Waals surface area contributed by atoms with Gasteiger partial charge in [0.2, 0.25) is 5.91 Å². The third-order valence-corrected chi connectivity index (χ3v) is 4.06. The molecule has 0 unspecified atom stereocenters. The summed E-state index contributed by atoms with van der Waals surface area (Å²) < 4.78 is 0. The number of nitrogens with one attached hydrogen (secondary N) is 1. The van der Waals surface area contributed by atoms with Crippen LogP contribution in [-0.4, -0.2) is 23.5 Å². The zero-order valence-corrected chi connectivity index (χ0v) is 15.5. The Morgan fingerprint density at radius 1 is 0.792 bits per heavy atom. The van der Waals surface area contributed by atoms with Crippen molar-refractivity contribution in [2.24, 2.45) is 0 Å². The lowest BCUT2D eigenvalue weighted by atomic mass is 10.1. The van der Waals surface area contributed by atoms with Gasteiger partial charge in [0.25, 0.3) is 0 Å². The van der Waals surface area contributed by atoms with E-state index in [0.29, 0.717) is 19.4 Å². The van der Waals surface area contributed by atoms with Crippen LogP contribution in [0, 0.1) is 0 Å². The SMILES string of the molecule is CCCCCCC=CCCCCCCCC(=O)NCCCC(=O)O. The first-order chi connectivity index (χ1) is 11.7. The lowest BCUT2D eigenvalue weighted by molar-refractivity contribution is -0.137. The van der Waals surface area contributed by atoms with Gasteiger partial charge in [-0.15, -0.1) is 0 Å². The molecule has 0 saturated heterocycles. The highest BCUT2D eigenvalue weighted by molar-refractivity contribution is 5.75. The second kappa shape index (κ2) is 18.0. The summed E-state index contributed by atoms with van der Waals surface area (Å²) in [7, 11) is 0. The standard InChI is InChI=1S/C20H37NO3/c1-2-3-4-5-6-7-8-9-10-11-12-13-14-16-19(22)21-18-15-17-20(23)24/h7-8H,2-6,9-18H2,1H3,(H,21,22)(H,23,24). The van der Waals surface area contributed by atoms with E-state index in [1.54, 1.807) is 0 Å². The monoisotopic (exact) mass is 339 g/mol. The van der Waals surface area contributed by atoms with Gasteiger partial charge in [0.1, 0.15) is 0 Å². The van der Waals surface area contributed by atoms with Crippen molar-refractivity contribution >= 4 is 11.9 Å². The van der Waals surface area contributed by atoms with E-state index in [1.807, 2.05) is 0 Å². The predicted molar refractivity (Wildman–Crippen MR) is 100 cm³/mol. The molecule has 0 saturated carbocycles. The molecule has 1 amide bonds. The van der Waals surface area contributed by atoms with E-state index in [-0.39, 0.29) is 12.3 Å². The summed E-state index contributed by atoms with van der Waals surface area (Å²) in [6.07, 6.45) is 19.3. The van der Waals surface area contributed by atoms with E-state index >= 15 is 0 Å². The average molecular weight is 340 g/mol. The predicted octanol–water partition coefficient (Wildman–Crippen LogP) is 5.22. The summed E-state index contributed by atoms with van der Waals surface area (Å²) in [5, 5.41) is 11.3. The van der Waals surface area contributed by atoms with Gasteiger partial charge >= 0.3 is 5.97 Å². The Morgan fingerprint density at radius 3 is 2.00 bits per heavy atom. The van der Waals surface area contributed by atoms with Gasteiger partial charge in [0, 0.05) is 19.4 Å². The topological polar surface area (TPSA) is 66.4 Å². The number of carboxylic acids is 1. The summed E-state index contributed by atoms with van der Waals surface area (Å²) in [4.78, 5) is 21.9. The normalized spacial score (nSPS) is 11.0. The number of hydrogen-bond donors (Lipinski definition) is 2. The van der Waals surface area contributed by atoms with Crippen LogP contribution < -0.4 is 5.32 Å². The second-order valence-corrected chi connectivity index (χ2v) is 6.47. The molecule has 0 heterocycles. The first-order valence-corrected chi connectivity index (χ1v) is 9.80. The maximum atomic E-state index is 11.5. The minimum absolute atomic E-state index is 0.0476. The van der Waals surface area contributed by atoms with E-state index in [0.717, 1.165) is 12.8 Å². The largest absolute Gasteiger partial charge is 0.481 e. The third-order valence-electron chi connectivity index (χ3n) is 4.06. The molecule has 0 aromatic rings. The minimum Gasteiger partial charge on any atom is -0.481 e. The smallest absolute Gasteiger partial charge is 0.303 e. The second-order valence-electron chi connectivity index (χ2n) is 6.47. The van der Waals surface area contributed by atoms with E-state index in [4.69, 9.17) is 5.11 Å². The fraction of sp³-hybridized carbons (Fsp3) is 0.800. The summed E-state index contributed by atoms with van der Waals surface area (Å²) in [5.41, 5.74) is 0. The molecule has 0 fully saturated rings. The van der Waals surface area contributed by atoms with Crippen molar-refractivity contribution in [3.05, 3.63) is 12.2 Å². The summed E-state index contributed by atoms with van der Waals surface area (Å²) in [6.45, 7) is 2.71. The Balaban J connectivity index is 3.22. The fourth-order valence-electron chi connectivity index (χ4n) is 2.56. The molecule has 24 heavy (non-hydrogen) atoms. The molecule has 0 spiro atoms.